The Balaban J connectivity index is 2.29. The molecule has 0 aromatic carbocycles. The molecule has 0 radical (unpaired) electrons. The molecule has 1 amide bonds. The van der Waals surface area contributed by atoms with Gasteiger partial charge in [0.15, 0.2) is 4.34 Å². The highest BCUT2D eigenvalue weighted by Gasteiger charge is 2.12. The summed E-state index contributed by atoms with van der Waals surface area (Å²) < 4.78 is 5.73. The summed E-state index contributed by atoms with van der Waals surface area (Å²) in [6, 6.07) is 0.184. The highest BCUT2D eigenvalue weighted by atomic mass is 32.2. The number of hydrogen-bond donors (Lipinski definition) is 2. The highest BCUT2D eigenvalue weighted by molar-refractivity contribution is 8.01. The van der Waals surface area contributed by atoms with E-state index in [0.29, 0.717) is 24.8 Å². The number of rotatable bonds is 9. The zero-order valence-corrected chi connectivity index (χ0v) is 13.9. The Hall–Kier alpha value is -0.860. The molecule has 1 heterocycles. The molecular formula is C12H22N4O2S2. The first-order valence-electron chi connectivity index (χ1n) is 6.51. The lowest BCUT2D eigenvalue weighted by atomic mass is 10.1. The summed E-state index contributed by atoms with van der Waals surface area (Å²) in [7, 11) is 1.65. The second-order valence-corrected chi connectivity index (χ2v) is 6.88. The Morgan fingerprint density at radius 3 is 2.80 bits per heavy atom. The highest BCUT2D eigenvalue weighted by Crippen LogP contribution is 2.25. The molecular weight excluding hydrogens is 296 g/mol. The first-order valence-corrected chi connectivity index (χ1v) is 8.31. The van der Waals surface area contributed by atoms with Crippen LogP contribution >= 0.6 is 23.1 Å². The van der Waals surface area contributed by atoms with Gasteiger partial charge in [0.05, 0.1) is 12.4 Å². The van der Waals surface area contributed by atoms with Crippen LogP contribution in [-0.2, 0) is 9.53 Å². The lowest BCUT2D eigenvalue weighted by Crippen LogP contribution is -2.37. The minimum atomic E-state index is 0.0280. The summed E-state index contributed by atoms with van der Waals surface area (Å²) in [5, 5.41) is 14.9. The minimum absolute atomic E-state index is 0.0280. The van der Waals surface area contributed by atoms with Crippen molar-refractivity contribution in [3.05, 3.63) is 0 Å². The predicted octanol–water partition coefficient (Wildman–Crippen LogP) is 1.85. The number of anilines is 1. The number of thioether (sulfide) groups is 1. The zero-order chi connectivity index (χ0) is 15.0. The molecule has 0 saturated carbocycles. The molecule has 0 aliphatic heterocycles. The van der Waals surface area contributed by atoms with Crippen LogP contribution in [0.15, 0.2) is 4.34 Å². The normalized spacial score (nSPS) is 12.4. The number of aromatic nitrogens is 2. The minimum Gasteiger partial charge on any atom is -0.383 e. The summed E-state index contributed by atoms with van der Waals surface area (Å²) in [5.74, 6) is 0.825. The van der Waals surface area contributed by atoms with Crippen LogP contribution in [-0.4, -0.2) is 48.2 Å². The lowest BCUT2D eigenvalue weighted by Gasteiger charge is -2.16. The quantitative estimate of drug-likeness (QED) is 0.534. The summed E-state index contributed by atoms with van der Waals surface area (Å²) in [6.07, 6.45) is 0. The monoisotopic (exact) mass is 318 g/mol. The van der Waals surface area contributed by atoms with E-state index < -0.39 is 0 Å². The number of carbonyl (C=O) groups is 1. The summed E-state index contributed by atoms with van der Waals surface area (Å²) in [5.41, 5.74) is 0. The number of hydrogen-bond acceptors (Lipinski definition) is 7. The Morgan fingerprint density at radius 2 is 2.15 bits per heavy atom. The van der Waals surface area contributed by atoms with Crippen LogP contribution in [0.4, 0.5) is 5.13 Å². The molecule has 0 bridgehead atoms. The Bertz CT molecular complexity index is 412. The van der Waals surface area contributed by atoms with Crippen molar-refractivity contribution in [2.45, 2.75) is 31.2 Å². The predicted molar refractivity (Wildman–Crippen MR) is 83.4 cm³/mol. The van der Waals surface area contributed by atoms with Gasteiger partial charge in [-0.05, 0) is 12.8 Å². The van der Waals surface area contributed by atoms with Crippen LogP contribution < -0.4 is 10.6 Å². The van der Waals surface area contributed by atoms with E-state index in [0.717, 1.165) is 9.47 Å². The van der Waals surface area contributed by atoms with Gasteiger partial charge in [-0.1, -0.05) is 36.9 Å². The van der Waals surface area contributed by atoms with Crippen LogP contribution in [0.3, 0.4) is 0 Å². The fourth-order valence-corrected chi connectivity index (χ4v) is 2.78. The van der Waals surface area contributed by atoms with Gasteiger partial charge >= 0.3 is 0 Å². The second-order valence-electron chi connectivity index (χ2n) is 4.68. The van der Waals surface area contributed by atoms with Crippen LogP contribution in [0, 0.1) is 5.92 Å². The molecule has 0 aliphatic carbocycles. The van der Waals surface area contributed by atoms with E-state index in [-0.39, 0.29) is 11.9 Å². The van der Waals surface area contributed by atoms with E-state index >= 15 is 0 Å². The average molecular weight is 318 g/mol. The van der Waals surface area contributed by atoms with Crippen LogP contribution in [0.2, 0.25) is 0 Å². The van der Waals surface area contributed by atoms with E-state index in [1.54, 1.807) is 7.11 Å². The van der Waals surface area contributed by atoms with Crippen molar-refractivity contribution < 1.29 is 9.53 Å². The number of nitrogens with one attached hydrogen (secondary N) is 2. The van der Waals surface area contributed by atoms with E-state index in [9.17, 15) is 4.79 Å². The molecule has 6 nitrogen and oxygen atoms in total. The van der Waals surface area contributed by atoms with Crippen molar-refractivity contribution in [3.8, 4) is 0 Å². The summed E-state index contributed by atoms with van der Waals surface area (Å²) in [6.45, 7) is 7.50. The van der Waals surface area contributed by atoms with Gasteiger partial charge in [0, 0.05) is 19.7 Å². The van der Waals surface area contributed by atoms with Crippen molar-refractivity contribution in [3.63, 3.8) is 0 Å². The number of ether oxygens (including phenoxy) is 1. The van der Waals surface area contributed by atoms with Gasteiger partial charge in [-0.2, -0.15) is 0 Å². The molecule has 0 saturated heterocycles. The van der Waals surface area contributed by atoms with Gasteiger partial charge in [-0.15, -0.1) is 10.2 Å². The number of carbonyl (C=O) groups excluding carboxylic acids is 1. The number of methoxy groups -OCH3 is 1. The van der Waals surface area contributed by atoms with Gasteiger partial charge in [0.25, 0.3) is 0 Å². The molecule has 1 atom stereocenters. The van der Waals surface area contributed by atoms with Crippen molar-refractivity contribution in [2.24, 2.45) is 5.92 Å². The Labute approximate surface area is 128 Å². The molecule has 1 aromatic heterocycles. The average Bonchev–Trinajstić information content (AvgIpc) is 2.84. The van der Waals surface area contributed by atoms with Crippen molar-refractivity contribution in [1.82, 2.24) is 15.5 Å². The first kappa shape index (κ1) is 17.2. The van der Waals surface area contributed by atoms with Crippen LogP contribution in [0.5, 0.6) is 0 Å². The molecule has 0 fully saturated rings. The maximum atomic E-state index is 11.7. The van der Waals surface area contributed by atoms with Gasteiger partial charge in [-0.25, -0.2) is 0 Å². The van der Waals surface area contributed by atoms with E-state index in [1.165, 1.54) is 23.1 Å². The fourth-order valence-electron chi connectivity index (χ4n) is 1.19. The van der Waals surface area contributed by atoms with Crippen molar-refractivity contribution >= 4 is 34.1 Å². The van der Waals surface area contributed by atoms with E-state index in [2.05, 4.69) is 34.7 Å². The van der Waals surface area contributed by atoms with Crippen molar-refractivity contribution in [2.75, 3.05) is 31.3 Å². The smallest absolute Gasteiger partial charge is 0.230 e. The topological polar surface area (TPSA) is 76.1 Å². The van der Waals surface area contributed by atoms with Gasteiger partial charge < -0.3 is 15.4 Å². The molecule has 8 heteroatoms. The van der Waals surface area contributed by atoms with E-state index in [1.807, 2.05) is 6.92 Å². The third-order valence-electron chi connectivity index (χ3n) is 2.70. The van der Waals surface area contributed by atoms with Crippen LogP contribution in [0.1, 0.15) is 20.8 Å². The lowest BCUT2D eigenvalue weighted by molar-refractivity contribution is -0.119. The summed E-state index contributed by atoms with van der Waals surface area (Å²) in [4.78, 5) is 11.7. The largest absolute Gasteiger partial charge is 0.383 e. The molecule has 114 valence electrons. The molecule has 20 heavy (non-hydrogen) atoms. The summed E-state index contributed by atoms with van der Waals surface area (Å²) >= 11 is 2.85. The number of amides is 1. The number of nitrogens with zero attached hydrogens (tertiary/aromatic N) is 2. The second kappa shape index (κ2) is 9.15. The first-order chi connectivity index (χ1) is 9.52. The molecule has 0 spiro atoms. The molecule has 1 rings (SSSR count). The maximum absolute atomic E-state index is 11.7. The molecule has 0 aliphatic rings. The third kappa shape index (κ3) is 6.53. The molecule has 2 N–H and O–H groups in total. The molecule has 1 aromatic rings. The van der Waals surface area contributed by atoms with Gasteiger partial charge in [0.1, 0.15) is 0 Å². The Morgan fingerprint density at radius 1 is 1.40 bits per heavy atom. The van der Waals surface area contributed by atoms with Crippen LogP contribution in [0.25, 0.3) is 0 Å². The standard InChI is InChI=1S/C12H22N4O2S2/c1-8(2)9(3)14-10(17)7-19-12-16-15-11(20-12)13-5-6-18-4/h8-9H,5-7H2,1-4H3,(H,13,15)(H,14,17). The fraction of sp³-hybridized carbons (Fsp3) is 0.750. The van der Waals surface area contributed by atoms with Gasteiger partial charge in [0.2, 0.25) is 11.0 Å². The zero-order valence-electron chi connectivity index (χ0n) is 12.3. The van der Waals surface area contributed by atoms with E-state index in [4.69, 9.17) is 4.74 Å². The Kier molecular flexibility index (Phi) is 7.86. The molecule has 1 unspecified atom stereocenters. The third-order valence-corrected chi connectivity index (χ3v) is 4.72. The SMILES string of the molecule is COCCNc1nnc(SCC(=O)NC(C)C(C)C)s1. The van der Waals surface area contributed by atoms with Gasteiger partial charge in [-0.3, -0.25) is 4.79 Å². The van der Waals surface area contributed by atoms with Crippen molar-refractivity contribution in [1.29, 1.82) is 0 Å². The maximum Gasteiger partial charge on any atom is 0.230 e.